The molecule has 2 amide bonds. The number of nitrogens with zero attached hydrogens (tertiary/aromatic N) is 4. The first-order valence-corrected chi connectivity index (χ1v) is 29.2. The Morgan fingerprint density at radius 2 is 1.24 bits per heavy atom. The van der Waals surface area contributed by atoms with E-state index in [2.05, 4.69) is 30.7 Å². The fourth-order valence-electron chi connectivity index (χ4n) is 8.59. The topological polar surface area (TPSA) is 257 Å². The number of nitrogens with one attached hydrogen (secondary N) is 7. The first-order valence-electron chi connectivity index (χ1n) is 26.3. The quantitative estimate of drug-likeness (QED) is 0.0235. The van der Waals surface area contributed by atoms with Crippen LogP contribution in [0.5, 0.6) is 28.7 Å². The average molecular weight is 1210 g/mol. The Morgan fingerprint density at radius 3 is 1.75 bits per heavy atom. The number of hydrogen-bond donors (Lipinski definition) is 7. The number of likely N-dealkylation sites (N-methyl/N-ethyl adjacent to an activating group) is 1. The highest BCUT2D eigenvalue weighted by Gasteiger charge is 2.43. The molecule has 0 spiro atoms. The number of amides is 2. The van der Waals surface area contributed by atoms with E-state index in [0.29, 0.717) is 47.9 Å². The van der Waals surface area contributed by atoms with Gasteiger partial charge in [0.1, 0.15) is 50.9 Å². The van der Waals surface area contributed by atoms with Crippen molar-refractivity contribution in [2.45, 2.75) is 78.8 Å². The van der Waals surface area contributed by atoms with Crippen LogP contribution in [0.4, 0.5) is 51.9 Å². The van der Waals surface area contributed by atoms with Crippen molar-refractivity contribution < 1.29 is 54.0 Å². The Balaban J connectivity index is 0.00000445. The molecule has 4 aromatic carbocycles. The van der Waals surface area contributed by atoms with Crippen molar-refractivity contribution in [3.05, 3.63) is 143 Å². The molecule has 9 rings (SSSR count). The molecule has 1 unspecified atom stereocenters. The summed E-state index contributed by atoms with van der Waals surface area (Å²) in [6.45, 7) is 9.42. The van der Waals surface area contributed by atoms with Gasteiger partial charge in [-0.1, -0.05) is 42.4 Å². The van der Waals surface area contributed by atoms with Crippen LogP contribution in [0.2, 0.25) is 5.02 Å². The number of halogens is 5. The van der Waals surface area contributed by atoms with Crippen molar-refractivity contribution in [2.75, 3.05) is 53.6 Å². The molecular formula is C55H62ClF4N11O10S2. The molecule has 6 aromatic rings. The van der Waals surface area contributed by atoms with Crippen molar-refractivity contribution >= 4 is 79.2 Å². The monoisotopic (exact) mass is 1210 g/mol. The van der Waals surface area contributed by atoms with Gasteiger partial charge in [0.05, 0.1) is 35.3 Å². The lowest BCUT2D eigenvalue weighted by atomic mass is 10.1. The minimum Gasteiger partial charge on any atom is -0.490 e. The lowest BCUT2D eigenvalue weighted by Crippen LogP contribution is -2.33. The number of carbonyl (C=O) groups excluding carboxylic acids is 2. The molecule has 2 saturated carbocycles. The number of aromatic nitrogens is 2. The fraction of sp³-hybridized carbons (Fsp3) is 0.345. The molecule has 1 saturated heterocycles. The van der Waals surface area contributed by atoms with Gasteiger partial charge in [0.2, 0.25) is 0 Å². The van der Waals surface area contributed by atoms with Crippen LogP contribution in [-0.4, -0.2) is 84.4 Å². The molecule has 1 aliphatic heterocycles. The molecule has 3 heterocycles. The van der Waals surface area contributed by atoms with E-state index in [1.165, 1.54) is 70.4 Å². The van der Waals surface area contributed by atoms with Crippen LogP contribution in [-0.2, 0) is 41.9 Å². The van der Waals surface area contributed by atoms with Gasteiger partial charge in [-0.15, -0.1) is 0 Å². The highest BCUT2D eigenvalue weighted by Crippen LogP contribution is 2.44. The number of pyridine rings is 2. The predicted octanol–water partition coefficient (Wildman–Crippen LogP) is 8.43. The van der Waals surface area contributed by atoms with Gasteiger partial charge in [0.25, 0.3) is 22.9 Å². The summed E-state index contributed by atoms with van der Waals surface area (Å²) in [5.74, 6) is -6.63. The number of benzene rings is 4. The molecule has 1 atom stereocenters. The number of hydrazine groups is 1. The van der Waals surface area contributed by atoms with Gasteiger partial charge in [0, 0.05) is 45.8 Å². The van der Waals surface area contributed by atoms with Crippen LogP contribution in [0.3, 0.4) is 0 Å². The number of rotatable bonds is 23. The van der Waals surface area contributed by atoms with E-state index in [-0.39, 0.29) is 98.3 Å². The molecule has 0 radical (unpaired) electrons. The summed E-state index contributed by atoms with van der Waals surface area (Å²) in [6.07, 6.45) is 3.21. The number of hydrogen-bond acceptors (Lipinski definition) is 13. The van der Waals surface area contributed by atoms with E-state index in [1.807, 2.05) is 23.6 Å². The third-order valence-electron chi connectivity index (χ3n) is 13.5. The standard InChI is InChI=1S/C53H56ClF4N11O10S2.C2H6/c1-26-8-14-34(32(55)24-26)62-48-40(50(70)60-30-10-11-30)45(27(2)52(72)67(48)5)78-38-18-16-36(43(57)42(38)54)64-80(74)59-21-23-66(4)22-20-29-9-15-35(33(56)25-29)63-49-41(51(71)61-31-12-13-31)46(28(3)53(73)68(49)6)79-39-19-17-37(44(58)47(39)77-7)69-65-81(69,75)76;1-2/h8-9,14-19,24-25,30-31,59,62-65H,10-13,20-23H2,1-7H3,(H,60,70)(H,61,71);1-2H3. The third-order valence-corrected chi connectivity index (χ3v) is 15.8. The minimum absolute atomic E-state index is 0.0133. The van der Waals surface area contributed by atoms with Crippen molar-refractivity contribution in [2.24, 2.45) is 14.1 Å². The van der Waals surface area contributed by atoms with Crippen molar-refractivity contribution in [3.8, 4) is 28.7 Å². The molecule has 7 N–H and O–H groups in total. The van der Waals surface area contributed by atoms with Gasteiger partial charge in [-0.25, -0.2) is 26.5 Å². The smallest absolute Gasteiger partial charge is 0.334 e. The molecule has 83 heavy (non-hydrogen) atoms. The largest absolute Gasteiger partial charge is 0.490 e. The highest BCUT2D eigenvalue weighted by molar-refractivity contribution is 7.97. The fourth-order valence-corrected chi connectivity index (χ4v) is 10.4. The third kappa shape index (κ3) is 13.7. The molecule has 21 nitrogen and oxygen atoms in total. The number of aryl methyl sites for hydroxylation is 1. The van der Waals surface area contributed by atoms with Gasteiger partial charge in [0.15, 0.2) is 45.8 Å². The maximum atomic E-state index is 16.0. The maximum absolute atomic E-state index is 16.0. The Hall–Kier alpha value is -7.69. The van der Waals surface area contributed by atoms with Crippen LogP contribution < -0.4 is 65.3 Å². The molecule has 28 heteroatoms. The van der Waals surface area contributed by atoms with Crippen LogP contribution in [0, 0.1) is 44.0 Å². The molecule has 3 aliphatic rings. The number of methoxy groups -OCH3 is 1. The molecule has 2 aliphatic carbocycles. The molecular weight excluding hydrogens is 1150 g/mol. The summed E-state index contributed by atoms with van der Waals surface area (Å²) in [5, 5.41) is 10.9. The second kappa shape index (κ2) is 25.4. The summed E-state index contributed by atoms with van der Waals surface area (Å²) in [6, 6.07) is 13.3. The highest BCUT2D eigenvalue weighted by atomic mass is 35.5. The Morgan fingerprint density at radius 1 is 0.735 bits per heavy atom. The molecule has 2 aromatic heterocycles. The SMILES string of the molecule is CC.COc1c(Oc2c(C(=O)NC3CC3)c(Nc3ccc(CCN(C)CCNS(=O)Nc4ccc(Oc5c(C(=O)NC6CC6)c(Nc6ccc(C)cc6F)n(C)c(=O)c5C)c(Cl)c4F)cc3F)n(C)c(=O)c2C)ccc(N2NS2(=O)=O)c1F. The van der Waals surface area contributed by atoms with Crippen LogP contribution >= 0.6 is 11.6 Å². The Bertz CT molecular complexity index is 3810. The van der Waals surface area contributed by atoms with E-state index in [0.717, 1.165) is 35.2 Å². The Kier molecular flexibility index (Phi) is 18.8. The first kappa shape index (κ1) is 61.4. The first-order chi connectivity index (χ1) is 39.5. The number of ether oxygens (including phenoxy) is 3. The van der Waals surface area contributed by atoms with Gasteiger partial charge in [-0.05, 0) is 120 Å². The van der Waals surface area contributed by atoms with Gasteiger partial charge < -0.3 is 40.4 Å². The summed E-state index contributed by atoms with van der Waals surface area (Å²) >= 11 is 4.44. The second-order valence-electron chi connectivity index (χ2n) is 19.7. The van der Waals surface area contributed by atoms with E-state index in [4.69, 9.17) is 25.8 Å². The second-order valence-corrected chi connectivity index (χ2v) is 22.6. The zero-order valence-corrected chi connectivity index (χ0v) is 49.1. The summed E-state index contributed by atoms with van der Waals surface area (Å²) < 4.78 is 125. The van der Waals surface area contributed by atoms with Crippen molar-refractivity contribution in [3.63, 3.8) is 0 Å². The summed E-state index contributed by atoms with van der Waals surface area (Å²) in [7, 11) is 1.81. The summed E-state index contributed by atoms with van der Waals surface area (Å²) in [5.41, 5.74) is -1.17. The van der Waals surface area contributed by atoms with Crippen LogP contribution in [0.15, 0.2) is 70.3 Å². The lowest BCUT2D eigenvalue weighted by Gasteiger charge is -2.22. The van der Waals surface area contributed by atoms with E-state index >= 15 is 17.6 Å². The van der Waals surface area contributed by atoms with E-state index < -0.39 is 78.4 Å². The van der Waals surface area contributed by atoms with E-state index in [9.17, 15) is 31.8 Å². The normalized spacial score (nSPS) is 14.5. The average Bonchev–Trinajstić information content (AvgIpc) is 2.82. The zero-order chi connectivity index (χ0) is 60.4. The van der Waals surface area contributed by atoms with Gasteiger partial charge in [-0.3, -0.25) is 33.0 Å². The van der Waals surface area contributed by atoms with Crippen LogP contribution in [0.25, 0.3) is 0 Å². The van der Waals surface area contributed by atoms with Crippen molar-refractivity contribution in [1.29, 1.82) is 0 Å². The van der Waals surface area contributed by atoms with Crippen molar-refractivity contribution in [1.82, 2.24) is 34.2 Å². The summed E-state index contributed by atoms with van der Waals surface area (Å²) in [4.78, 5) is 58.9. The van der Waals surface area contributed by atoms with Gasteiger partial charge >= 0.3 is 10.2 Å². The molecule has 444 valence electrons. The molecule has 0 bridgehead atoms. The maximum Gasteiger partial charge on any atom is 0.334 e. The number of anilines is 6. The van der Waals surface area contributed by atoms with Gasteiger partial charge in [-0.2, -0.15) is 12.8 Å². The zero-order valence-electron chi connectivity index (χ0n) is 46.7. The predicted molar refractivity (Wildman–Crippen MR) is 309 cm³/mol. The minimum atomic E-state index is -3.89. The molecule has 3 fully saturated rings. The van der Waals surface area contributed by atoms with Crippen LogP contribution in [0.1, 0.15) is 82.5 Å². The number of carbonyl (C=O) groups is 2. The Labute approximate surface area is 483 Å². The van der Waals surface area contributed by atoms with E-state index in [1.54, 1.807) is 26.1 Å². The lowest BCUT2D eigenvalue weighted by molar-refractivity contribution is 0.0940.